The number of methoxy groups -OCH3 is 2. The highest BCUT2D eigenvalue weighted by Gasteiger charge is 2.28. The topological polar surface area (TPSA) is 76.0 Å². The van der Waals surface area contributed by atoms with Gasteiger partial charge in [0.25, 0.3) is 0 Å². The van der Waals surface area contributed by atoms with Crippen LogP contribution < -0.4 is 14.2 Å². The Kier molecular flexibility index (Phi) is 6.21. The van der Waals surface area contributed by atoms with E-state index in [9.17, 15) is 9.59 Å². The second-order valence-corrected chi connectivity index (χ2v) is 8.33. The number of rotatable bonds is 7. The van der Waals surface area contributed by atoms with Gasteiger partial charge in [0, 0.05) is 35.3 Å². The number of esters is 1. The number of benzene rings is 3. The monoisotopic (exact) mass is 483 g/mol. The third-order valence-corrected chi connectivity index (χ3v) is 6.17. The summed E-state index contributed by atoms with van der Waals surface area (Å²) < 4.78 is 24.1. The highest BCUT2D eigenvalue weighted by Crippen LogP contribution is 2.36. The number of hydrogen-bond acceptors (Lipinski definition) is 6. The van der Waals surface area contributed by atoms with E-state index in [1.54, 1.807) is 43.5 Å². The van der Waals surface area contributed by atoms with Crippen LogP contribution in [0.2, 0.25) is 0 Å². The number of ether oxygens (including phenoxy) is 4. The molecule has 0 bridgehead atoms. The van der Waals surface area contributed by atoms with E-state index in [1.165, 1.54) is 7.11 Å². The van der Waals surface area contributed by atoms with E-state index < -0.39 is 0 Å². The summed E-state index contributed by atoms with van der Waals surface area (Å²) in [6.07, 6.45) is 3.79. The molecular weight excluding hydrogens is 458 g/mol. The van der Waals surface area contributed by atoms with Crippen LogP contribution in [0.15, 0.2) is 72.6 Å². The SMILES string of the molecule is CCn1cc(C=C2Oc3cc(OCc4ccc(C(=O)OC)cc4)ccc3C2=O)c2cc(OC)ccc21. The maximum absolute atomic E-state index is 13.0. The van der Waals surface area contributed by atoms with Gasteiger partial charge in [-0.1, -0.05) is 12.1 Å². The van der Waals surface area contributed by atoms with Gasteiger partial charge in [0.1, 0.15) is 23.9 Å². The van der Waals surface area contributed by atoms with Gasteiger partial charge in [0.15, 0.2) is 5.76 Å². The number of carbonyl (C=O) groups is 2. The number of hydrogen-bond donors (Lipinski definition) is 0. The van der Waals surface area contributed by atoms with Gasteiger partial charge in [-0.2, -0.15) is 0 Å². The molecule has 2 heterocycles. The van der Waals surface area contributed by atoms with Crippen LogP contribution in [0.25, 0.3) is 17.0 Å². The number of aromatic nitrogens is 1. The molecule has 0 amide bonds. The van der Waals surface area contributed by atoms with Crippen LogP contribution in [0.3, 0.4) is 0 Å². The summed E-state index contributed by atoms with van der Waals surface area (Å²) in [6, 6.07) is 18.1. The fraction of sp³-hybridized carbons (Fsp3) is 0.172. The van der Waals surface area contributed by atoms with Gasteiger partial charge in [-0.25, -0.2) is 4.79 Å². The predicted molar refractivity (Wildman–Crippen MR) is 136 cm³/mol. The molecule has 4 aromatic rings. The second kappa shape index (κ2) is 9.62. The lowest BCUT2D eigenvalue weighted by Gasteiger charge is -2.08. The average molecular weight is 484 g/mol. The van der Waals surface area contributed by atoms with Crippen LogP contribution in [0, 0.1) is 0 Å². The molecule has 0 N–H and O–H groups in total. The van der Waals surface area contributed by atoms with Crippen molar-refractivity contribution in [2.45, 2.75) is 20.1 Å². The molecule has 0 spiro atoms. The molecule has 0 saturated heterocycles. The van der Waals surface area contributed by atoms with Gasteiger partial charge in [0.2, 0.25) is 5.78 Å². The maximum Gasteiger partial charge on any atom is 0.337 e. The van der Waals surface area contributed by atoms with Crippen LogP contribution in [0.1, 0.15) is 38.8 Å². The first-order valence-corrected chi connectivity index (χ1v) is 11.6. The summed E-state index contributed by atoms with van der Waals surface area (Å²) in [6.45, 7) is 3.17. The zero-order valence-corrected chi connectivity index (χ0v) is 20.2. The van der Waals surface area contributed by atoms with E-state index in [0.717, 1.165) is 34.3 Å². The van der Waals surface area contributed by atoms with Crippen LogP contribution in [-0.2, 0) is 17.9 Å². The van der Waals surface area contributed by atoms with Gasteiger partial charge in [-0.05, 0) is 61.0 Å². The molecular formula is C29H25NO6. The molecule has 0 saturated carbocycles. The number of nitrogens with zero attached hydrogens (tertiary/aromatic N) is 1. The number of Topliss-reactive ketones (excluding diaryl/α,β-unsaturated/α-hetero) is 1. The molecule has 1 aromatic heterocycles. The van der Waals surface area contributed by atoms with Crippen LogP contribution in [0.5, 0.6) is 17.2 Å². The van der Waals surface area contributed by atoms with Crippen LogP contribution in [0.4, 0.5) is 0 Å². The zero-order chi connectivity index (χ0) is 25.2. The molecule has 0 radical (unpaired) electrons. The molecule has 0 aliphatic carbocycles. The number of allylic oxidation sites excluding steroid dienone is 1. The average Bonchev–Trinajstić information content (AvgIpc) is 3.43. The van der Waals surface area contributed by atoms with E-state index >= 15 is 0 Å². The largest absolute Gasteiger partial charge is 0.497 e. The van der Waals surface area contributed by atoms with Crippen LogP contribution >= 0.6 is 0 Å². The van der Waals surface area contributed by atoms with E-state index in [0.29, 0.717) is 29.2 Å². The minimum absolute atomic E-state index is 0.171. The standard InChI is InChI=1S/C29H25NO6/c1-4-30-16-20(24-14-21(33-2)10-12-25(24)30)13-27-28(31)23-11-9-22(15-26(23)36-27)35-17-18-5-7-19(8-6-18)29(32)34-3/h5-16H,4,17H2,1-3H3. The summed E-state index contributed by atoms with van der Waals surface area (Å²) in [5.74, 6) is 1.49. The molecule has 36 heavy (non-hydrogen) atoms. The Morgan fingerprint density at radius 3 is 2.50 bits per heavy atom. The first kappa shape index (κ1) is 23.2. The molecule has 1 aliphatic rings. The van der Waals surface area contributed by atoms with Gasteiger partial charge < -0.3 is 23.5 Å². The van der Waals surface area contributed by atoms with Crippen molar-refractivity contribution in [1.82, 2.24) is 4.57 Å². The lowest BCUT2D eigenvalue weighted by atomic mass is 10.1. The number of carbonyl (C=O) groups excluding carboxylic acids is 2. The summed E-state index contributed by atoms with van der Waals surface area (Å²) in [7, 11) is 2.98. The molecule has 0 unspecified atom stereocenters. The van der Waals surface area contributed by atoms with Crippen molar-refractivity contribution < 1.29 is 28.5 Å². The summed E-state index contributed by atoms with van der Waals surface area (Å²) in [4.78, 5) is 24.6. The van der Waals surface area contributed by atoms with Crippen molar-refractivity contribution in [3.63, 3.8) is 0 Å². The van der Waals surface area contributed by atoms with Crippen LogP contribution in [-0.4, -0.2) is 30.5 Å². The highest BCUT2D eigenvalue weighted by molar-refractivity contribution is 6.15. The van der Waals surface area contributed by atoms with Crippen molar-refractivity contribution in [2.75, 3.05) is 14.2 Å². The van der Waals surface area contributed by atoms with Gasteiger partial charge >= 0.3 is 5.97 Å². The molecule has 7 heteroatoms. The molecule has 7 nitrogen and oxygen atoms in total. The van der Waals surface area contributed by atoms with Gasteiger partial charge in [-0.15, -0.1) is 0 Å². The van der Waals surface area contributed by atoms with E-state index in [-0.39, 0.29) is 17.5 Å². The Labute approximate surface area is 208 Å². The quantitative estimate of drug-likeness (QED) is 0.250. The molecule has 1 aliphatic heterocycles. The third-order valence-electron chi connectivity index (χ3n) is 6.17. The number of aryl methyl sites for hydroxylation is 1. The normalized spacial score (nSPS) is 13.5. The van der Waals surface area contributed by atoms with Gasteiger partial charge in [0.05, 0.1) is 25.3 Å². The molecule has 0 atom stereocenters. The smallest absolute Gasteiger partial charge is 0.337 e. The lowest BCUT2D eigenvalue weighted by molar-refractivity contribution is 0.0600. The first-order valence-electron chi connectivity index (χ1n) is 11.6. The fourth-order valence-electron chi connectivity index (χ4n) is 4.23. The fourth-order valence-corrected chi connectivity index (χ4v) is 4.23. The Balaban J connectivity index is 1.35. The first-order chi connectivity index (χ1) is 17.5. The minimum Gasteiger partial charge on any atom is -0.497 e. The van der Waals surface area contributed by atoms with Gasteiger partial charge in [-0.3, -0.25) is 4.79 Å². The summed E-state index contributed by atoms with van der Waals surface area (Å²) in [5, 5.41) is 0.985. The van der Waals surface area contributed by atoms with E-state index in [4.69, 9.17) is 18.9 Å². The number of ketones is 1. The predicted octanol–water partition coefficient (Wildman–Crippen LogP) is 5.65. The molecule has 5 rings (SSSR count). The Hall–Kier alpha value is -4.52. The van der Waals surface area contributed by atoms with Crippen molar-refractivity contribution in [3.05, 3.63) is 94.9 Å². The summed E-state index contributed by atoms with van der Waals surface area (Å²) >= 11 is 0. The Bertz CT molecular complexity index is 1500. The zero-order valence-electron chi connectivity index (χ0n) is 20.2. The van der Waals surface area contributed by atoms with Crippen molar-refractivity contribution >= 4 is 28.7 Å². The van der Waals surface area contributed by atoms with Crippen molar-refractivity contribution in [1.29, 1.82) is 0 Å². The van der Waals surface area contributed by atoms with E-state index in [2.05, 4.69) is 11.5 Å². The second-order valence-electron chi connectivity index (χ2n) is 8.33. The maximum atomic E-state index is 13.0. The van der Waals surface area contributed by atoms with Crippen molar-refractivity contribution in [3.8, 4) is 17.2 Å². The highest BCUT2D eigenvalue weighted by atomic mass is 16.5. The Morgan fingerprint density at radius 1 is 1.00 bits per heavy atom. The Morgan fingerprint density at radius 2 is 1.78 bits per heavy atom. The van der Waals surface area contributed by atoms with Crippen molar-refractivity contribution in [2.24, 2.45) is 0 Å². The summed E-state index contributed by atoms with van der Waals surface area (Å²) in [5.41, 5.74) is 3.80. The van der Waals surface area contributed by atoms with E-state index in [1.807, 2.05) is 36.5 Å². The molecule has 3 aromatic carbocycles. The molecule has 182 valence electrons. The minimum atomic E-state index is -0.384. The number of fused-ring (bicyclic) bond motifs is 2. The lowest BCUT2D eigenvalue weighted by Crippen LogP contribution is -2.02. The third kappa shape index (κ3) is 4.31. The molecule has 0 fully saturated rings.